The van der Waals surface area contributed by atoms with Crippen LogP contribution in [0.3, 0.4) is 0 Å². The first-order valence-electron chi connectivity index (χ1n) is 6.51. The molecule has 2 rings (SSSR count). The molecule has 0 aliphatic heterocycles. The van der Waals surface area contributed by atoms with Crippen LogP contribution < -0.4 is 14.8 Å². The van der Waals surface area contributed by atoms with E-state index in [2.05, 4.69) is 10.0 Å². The molecular weight excluding hydrogens is 323 g/mol. The number of nitrogens with one attached hydrogen (secondary N) is 2. The van der Waals surface area contributed by atoms with Crippen molar-refractivity contribution in [3.63, 3.8) is 0 Å². The molecule has 2 aromatic carbocycles. The van der Waals surface area contributed by atoms with Crippen LogP contribution in [0, 0.1) is 5.82 Å². The highest BCUT2D eigenvalue weighted by molar-refractivity contribution is 7.92. The number of anilines is 2. The highest BCUT2D eigenvalue weighted by Crippen LogP contribution is 2.28. The predicted octanol–water partition coefficient (Wildman–Crippen LogP) is 2.46. The summed E-state index contributed by atoms with van der Waals surface area (Å²) in [6.45, 7) is 0. The van der Waals surface area contributed by atoms with E-state index in [-0.39, 0.29) is 11.3 Å². The molecule has 0 saturated heterocycles. The van der Waals surface area contributed by atoms with Crippen LogP contribution >= 0.6 is 0 Å². The van der Waals surface area contributed by atoms with Crippen LogP contribution in [0.25, 0.3) is 0 Å². The summed E-state index contributed by atoms with van der Waals surface area (Å²) in [5.74, 6) is -0.731. The van der Waals surface area contributed by atoms with E-state index >= 15 is 0 Å². The Labute approximate surface area is 133 Å². The van der Waals surface area contributed by atoms with E-state index in [1.165, 1.54) is 37.4 Å². The minimum Gasteiger partial charge on any atom is -0.495 e. The largest absolute Gasteiger partial charge is 0.495 e. The van der Waals surface area contributed by atoms with E-state index in [4.69, 9.17) is 4.74 Å². The molecule has 0 spiro atoms. The molecule has 23 heavy (non-hydrogen) atoms. The normalized spacial score (nSPS) is 10.9. The molecule has 2 N–H and O–H groups in total. The molecule has 0 aliphatic carbocycles. The van der Waals surface area contributed by atoms with Crippen LogP contribution in [0.5, 0.6) is 5.75 Å². The van der Waals surface area contributed by atoms with E-state index in [0.717, 1.165) is 12.3 Å². The molecule has 8 heteroatoms. The SMILES string of the molecule is COc1ccc(NC(=O)c2cccc(F)c2)cc1NS(C)(=O)=O. The number of hydrogen-bond donors (Lipinski definition) is 2. The molecular formula is C15H15FN2O4S. The molecule has 0 unspecified atom stereocenters. The Kier molecular flexibility index (Phi) is 4.85. The molecule has 0 atom stereocenters. The van der Waals surface area contributed by atoms with Gasteiger partial charge in [-0.3, -0.25) is 9.52 Å². The van der Waals surface area contributed by atoms with Crippen LogP contribution in [0.2, 0.25) is 0 Å². The quantitative estimate of drug-likeness (QED) is 0.877. The lowest BCUT2D eigenvalue weighted by Gasteiger charge is -2.12. The van der Waals surface area contributed by atoms with E-state index in [0.29, 0.717) is 11.4 Å². The summed E-state index contributed by atoms with van der Waals surface area (Å²) >= 11 is 0. The fraction of sp³-hybridized carbons (Fsp3) is 0.133. The third-order valence-corrected chi connectivity index (χ3v) is 3.43. The molecule has 122 valence electrons. The Morgan fingerprint density at radius 3 is 2.52 bits per heavy atom. The molecule has 0 heterocycles. The average molecular weight is 338 g/mol. The van der Waals surface area contributed by atoms with Crippen molar-refractivity contribution < 1.29 is 22.3 Å². The van der Waals surface area contributed by atoms with Gasteiger partial charge in [-0.2, -0.15) is 0 Å². The third kappa shape index (κ3) is 4.68. The first-order valence-corrected chi connectivity index (χ1v) is 8.40. The maximum absolute atomic E-state index is 13.1. The van der Waals surface area contributed by atoms with Gasteiger partial charge >= 0.3 is 0 Å². The zero-order valence-corrected chi connectivity index (χ0v) is 13.3. The Morgan fingerprint density at radius 1 is 1.17 bits per heavy atom. The van der Waals surface area contributed by atoms with Crippen molar-refractivity contribution in [2.75, 3.05) is 23.4 Å². The number of halogens is 1. The summed E-state index contributed by atoms with van der Waals surface area (Å²) in [5.41, 5.74) is 0.677. The van der Waals surface area contributed by atoms with Crippen molar-refractivity contribution in [2.24, 2.45) is 0 Å². The highest BCUT2D eigenvalue weighted by atomic mass is 32.2. The third-order valence-electron chi connectivity index (χ3n) is 2.84. The Balaban J connectivity index is 2.26. The molecule has 0 bridgehead atoms. The van der Waals surface area contributed by atoms with Gasteiger partial charge < -0.3 is 10.1 Å². The minimum atomic E-state index is -3.51. The first kappa shape index (κ1) is 16.8. The average Bonchev–Trinajstić information content (AvgIpc) is 2.46. The van der Waals surface area contributed by atoms with Crippen LogP contribution in [-0.4, -0.2) is 27.7 Å². The number of amides is 1. The number of sulfonamides is 1. The number of carbonyl (C=O) groups excluding carboxylic acids is 1. The van der Waals surface area contributed by atoms with Crippen molar-refractivity contribution in [3.8, 4) is 5.75 Å². The Morgan fingerprint density at radius 2 is 1.91 bits per heavy atom. The van der Waals surface area contributed by atoms with E-state index in [9.17, 15) is 17.6 Å². The molecule has 0 saturated carbocycles. The molecule has 0 aliphatic rings. The van der Waals surface area contributed by atoms with Gasteiger partial charge in [-0.25, -0.2) is 12.8 Å². The van der Waals surface area contributed by atoms with Gasteiger partial charge in [-0.05, 0) is 36.4 Å². The van der Waals surface area contributed by atoms with Crippen molar-refractivity contribution in [1.82, 2.24) is 0 Å². The number of carbonyl (C=O) groups is 1. The maximum atomic E-state index is 13.1. The van der Waals surface area contributed by atoms with Crippen LogP contribution in [0.15, 0.2) is 42.5 Å². The van der Waals surface area contributed by atoms with Gasteiger partial charge in [0.2, 0.25) is 10.0 Å². The van der Waals surface area contributed by atoms with Gasteiger partial charge in [-0.15, -0.1) is 0 Å². The Hall–Kier alpha value is -2.61. The summed E-state index contributed by atoms with van der Waals surface area (Å²) in [6.07, 6.45) is 1.00. The van der Waals surface area contributed by atoms with Crippen molar-refractivity contribution in [2.45, 2.75) is 0 Å². The lowest BCUT2D eigenvalue weighted by Crippen LogP contribution is -2.14. The summed E-state index contributed by atoms with van der Waals surface area (Å²) in [5, 5.41) is 2.57. The molecule has 0 aromatic heterocycles. The van der Waals surface area contributed by atoms with Crippen molar-refractivity contribution in [3.05, 3.63) is 53.8 Å². The second kappa shape index (κ2) is 6.66. The standard InChI is InChI=1S/C15H15FN2O4S/c1-22-14-7-6-12(9-13(14)18-23(2,20)21)17-15(19)10-4-3-5-11(16)8-10/h3-9,18H,1-2H3,(H,17,19). The zero-order chi connectivity index (χ0) is 17.0. The maximum Gasteiger partial charge on any atom is 0.255 e. The van der Waals surface area contributed by atoms with Gasteiger partial charge in [-0.1, -0.05) is 6.07 Å². The molecule has 1 amide bonds. The summed E-state index contributed by atoms with van der Waals surface area (Å²) < 4.78 is 43.2. The summed E-state index contributed by atoms with van der Waals surface area (Å²) in [4.78, 5) is 12.1. The smallest absolute Gasteiger partial charge is 0.255 e. The van der Waals surface area contributed by atoms with Crippen LogP contribution in [0.4, 0.5) is 15.8 Å². The number of ether oxygens (including phenoxy) is 1. The van der Waals surface area contributed by atoms with E-state index < -0.39 is 21.7 Å². The summed E-state index contributed by atoms with van der Waals surface area (Å²) in [6, 6.07) is 9.70. The van der Waals surface area contributed by atoms with E-state index in [1.807, 2.05) is 0 Å². The molecule has 0 fully saturated rings. The van der Waals surface area contributed by atoms with Gasteiger partial charge in [0.25, 0.3) is 5.91 Å². The lowest BCUT2D eigenvalue weighted by atomic mass is 10.2. The fourth-order valence-corrected chi connectivity index (χ4v) is 2.46. The number of methoxy groups -OCH3 is 1. The van der Waals surface area contributed by atoms with Gasteiger partial charge in [0.05, 0.1) is 19.1 Å². The molecule has 0 radical (unpaired) electrons. The van der Waals surface area contributed by atoms with Gasteiger partial charge in [0, 0.05) is 11.3 Å². The topological polar surface area (TPSA) is 84.5 Å². The monoisotopic (exact) mass is 338 g/mol. The molecule has 6 nitrogen and oxygen atoms in total. The van der Waals surface area contributed by atoms with E-state index in [1.54, 1.807) is 6.07 Å². The van der Waals surface area contributed by atoms with Crippen LogP contribution in [0.1, 0.15) is 10.4 Å². The van der Waals surface area contributed by atoms with Gasteiger partial charge in [0.15, 0.2) is 0 Å². The number of hydrogen-bond acceptors (Lipinski definition) is 4. The highest BCUT2D eigenvalue weighted by Gasteiger charge is 2.12. The Bertz CT molecular complexity index is 837. The molecule has 2 aromatic rings. The fourth-order valence-electron chi connectivity index (χ4n) is 1.90. The predicted molar refractivity (Wildman–Crippen MR) is 85.8 cm³/mol. The number of rotatable bonds is 5. The first-order chi connectivity index (χ1) is 10.8. The second-order valence-corrected chi connectivity index (χ2v) is 6.50. The van der Waals surface area contributed by atoms with Gasteiger partial charge in [0.1, 0.15) is 11.6 Å². The zero-order valence-electron chi connectivity index (χ0n) is 12.5. The minimum absolute atomic E-state index is 0.151. The van der Waals surface area contributed by atoms with Crippen LogP contribution in [-0.2, 0) is 10.0 Å². The van der Waals surface area contributed by atoms with Crippen molar-refractivity contribution >= 4 is 27.3 Å². The summed E-state index contributed by atoms with van der Waals surface area (Å²) in [7, 11) is -2.11. The second-order valence-electron chi connectivity index (χ2n) is 4.75. The lowest BCUT2D eigenvalue weighted by molar-refractivity contribution is 0.102. The number of benzene rings is 2. The van der Waals surface area contributed by atoms with Crippen molar-refractivity contribution in [1.29, 1.82) is 0 Å².